The van der Waals surface area contributed by atoms with Crippen LogP contribution in [0.5, 0.6) is 0 Å². The van der Waals surface area contributed by atoms with Gasteiger partial charge in [0.25, 0.3) is 11.1 Å². The SMILES string of the molecule is O=C(O)CCl.O=c1[nH]c(=S)[nH]c(C2CC=C(c3cccnc3C(F)(F)F)CC2)c1Cc1cccc(N2CCCC2)n1.O=c1[nH]c(C2CC=C(c3cccnc3C(F)(F)F)CC2)c(Cc2cccc(N3CCCC3)n2)c(=O)[nH]1.[3H-]. The number of carboxylic acids is 1. The normalized spacial score (nSPS) is 17.6. The molecule has 0 spiro atoms. The summed E-state index contributed by atoms with van der Waals surface area (Å²) in [6.07, 6.45) is 4.72. The summed E-state index contributed by atoms with van der Waals surface area (Å²) in [5.41, 5.74) is 2.04. The zero-order valence-electron chi connectivity index (χ0n) is 42.6. The molecule has 8 heterocycles. The molecule has 2 saturated heterocycles. The maximum atomic E-state index is 13.5. The molecular formula is C54H56ClF6N10O5S-. The van der Waals surface area contributed by atoms with Gasteiger partial charge in [0.2, 0.25) is 0 Å². The zero-order valence-corrected chi connectivity index (χ0v) is 43.1. The average Bonchev–Trinajstić information content (AvgIpc) is 4.20. The molecule has 6 aromatic heterocycles. The first-order valence-electron chi connectivity index (χ1n) is 25.2. The quantitative estimate of drug-likeness (QED) is 0.0466. The fourth-order valence-corrected chi connectivity index (χ4v) is 10.5. The van der Waals surface area contributed by atoms with Crippen LogP contribution in [-0.4, -0.2) is 83.0 Å². The number of carbonyl (C=O) groups is 1. The van der Waals surface area contributed by atoms with E-state index in [1.54, 1.807) is 6.08 Å². The van der Waals surface area contributed by atoms with Crippen molar-refractivity contribution >= 4 is 52.6 Å². The van der Waals surface area contributed by atoms with Gasteiger partial charge in [0.05, 0.1) is 0 Å². The van der Waals surface area contributed by atoms with Crippen molar-refractivity contribution < 1.29 is 37.7 Å². The molecule has 0 saturated carbocycles. The minimum absolute atomic E-state index is 0. The van der Waals surface area contributed by atoms with Crippen LogP contribution < -0.4 is 26.6 Å². The Bertz CT molecular complexity index is 3170. The van der Waals surface area contributed by atoms with Crippen molar-refractivity contribution in [3.8, 4) is 0 Å². The van der Waals surface area contributed by atoms with Gasteiger partial charge in [-0.2, -0.15) is 26.3 Å². The average molecular weight is 1110 g/mol. The number of carboxylic acid groups (broad SMARTS) is 1. The number of H-pyrrole nitrogens is 4. The second-order valence-corrected chi connectivity index (χ2v) is 19.7. The molecule has 0 aromatic carbocycles. The largest absolute Gasteiger partial charge is 1.00 e. The number of aromatic nitrogens is 8. The molecular weight excluding hydrogens is 1050 g/mol. The maximum absolute atomic E-state index is 13.5. The first kappa shape index (κ1) is 56.0. The molecule has 0 bridgehead atoms. The number of aliphatic carboxylic acids is 1. The molecule has 408 valence electrons. The van der Waals surface area contributed by atoms with E-state index >= 15 is 0 Å². The van der Waals surface area contributed by atoms with Gasteiger partial charge in [-0.05, 0) is 124 Å². The monoisotopic (exact) mass is 1110 g/mol. The molecule has 2 unspecified atom stereocenters. The lowest BCUT2D eigenvalue weighted by Crippen LogP contribution is -2.30. The Labute approximate surface area is 449 Å². The molecule has 5 N–H and O–H groups in total. The van der Waals surface area contributed by atoms with Crippen molar-refractivity contribution in [2.75, 3.05) is 41.9 Å². The Balaban J connectivity index is 0.000000206. The van der Waals surface area contributed by atoms with Crippen molar-refractivity contribution in [1.29, 1.82) is 0 Å². The third kappa shape index (κ3) is 14.2. The van der Waals surface area contributed by atoms with E-state index < -0.39 is 41.0 Å². The van der Waals surface area contributed by atoms with Crippen LogP contribution in [0, 0.1) is 4.77 Å². The van der Waals surface area contributed by atoms with Crippen LogP contribution in [0.3, 0.4) is 0 Å². The first-order chi connectivity index (χ1) is 36.9. The summed E-state index contributed by atoms with van der Waals surface area (Å²) in [5, 5.41) is 7.59. The van der Waals surface area contributed by atoms with E-state index in [0.29, 0.717) is 72.9 Å². The molecule has 2 atom stereocenters. The number of rotatable bonds is 11. The summed E-state index contributed by atoms with van der Waals surface area (Å²) in [7, 11) is 0. The van der Waals surface area contributed by atoms with Crippen molar-refractivity contribution in [3.63, 3.8) is 0 Å². The molecule has 0 radical (unpaired) electrons. The van der Waals surface area contributed by atoms with Gasteiger partial charge >= 0.3 is 24.0 Å². The fraction of sp³-hybridized carbons (Fsp3) is 0.389. The number of nitrogens with zero attached hydrogens (tertiary/aromatic N) is 6. The first-order valence-corrected chi connectivity index (χ1v) is 26.1. The predicted octanol–water partition coefficient (Wildman–Crippen LogP) is 10.6. The summed E-state index contributed by atoms with van der Waals surface area (Å²) in [4.78, 5) is 79.2. The number of hydrogen-bond donors (Lipinski definition) is 5. The van der Waals surface area contributed by atoms with Gasteiger partial charge in [0.15, 0.2) is 16.2 Å². The lowest BCUT2D eigenvalue weighted by atomic mass is 9.82. The Hall–Kier alpha value is -7.20. The molecule has 6 aromatic rings. The molecule has 2 aliphatic heterocycles. The van der Waals surface area contributed by atoms with Crippen LogP contribution >= 0.6 is 23.8 Å². The van der Waals surface area contributed by atoms with E-state index in [4.69, 9.17) is 38.9 Å². The Morgan fingerprint density at radius 1 is 0.649 bits per heavy atom. The molecule has 2 aliphatic carbocycles. The van der Waals surface area contributed by atoms with Crippen molar-refractivity contribution in [1.82, 2.24) is 39.9 Å². The number of anilines is 2. The van der Waals surface area contributed by atoms with Crippen LogP contribution in [0.4, 0.5) is 38.0 Å². The molecule has 0 amide bonds. The number of pyridine rings is 4. The summed E-state index contributed by atoms with van der Waals surface area (Å²) in [6.45, 7) is 3.85. The van der Waals surface area contributed by atoms with E-state index in [2.05, 4.69) is 39.7 Å². The topological polar surface area (TPSA) is 210 Å². The van der Waals surface area contributed by atoms with Crippen LogP contribution in [0.2, 0.25) is 0 Å². The van der Waals surface area contributed by atoms with Gasteiger partial charge in [-0.3, -0.25) is 34.3 Å². The van der Waals surface area contributed by atoms with E-state index in [0.717, 1.165) is 93.0 Å². The van der Waals surface area contributed by atoms with E-state index in [1.165, 1.54) is 24.3 Å². The van der Waals surface area contributed by atoms with Crippen molar-refractivity contribution in [2.24, 2.45) is 0 Å². The van der Waals surface area contributed by atoms with Gasteiger partial charge in [0.1, 0.15) is 17.5 Å². The maximum Gasteiger partial charge on any atom is 0.433 e. The summed E-state index contributed by atoms with van der Waals surface area (Å²) in [5.74, 6) is 0.224. The van der Waals surface area contributed by atoms with Crippen LogP contribution in [-0.2, 0) is 30.0 Å². The molecule has 4 aliphatic rings. The van der Waals surface area contributed by atoms with Crippen molar-refractivity contribution in [3.05, 3.63) is 178 Å². The third-order valence-electron chi connectivity index (χ3n) is 13.9. The molecule has 10 rings (SSSR count). The van der Waals surface area contributed by atoms with Gasteiger partial charge in [-0.25, -0.2) is 14.8 Å². The lowest BCUT2D eigenvalue weighted by molar-refractivity contribution is -0.142. The van der Waals surface area contributed by atoms with E-state index in [-0.39, 0.29) is 47.0 Å². The molecule has 77 heavy (non-hydrogen) atoms. The minimum atomic E-state index is -4.55. The lowest BCUT2D eigenvalue weighted by Gasteiger charge is -2.25. The number of allylic oxidation sites excluding steroid dienone is 4. The third-order valence-corrected chi connectivity index (χ3v) is 14.3. The Morgan fingerprint density at radius 2 is 1.08 bits per heavy atom. The van der Waals surface area contributed by atoms with Crippen LogP contribution in [0.15, 0.2) is 99.6 Å². The zero-order chi connectivity index (χ0) is 54.9. The van der Waals surface area contributed by atoms with Crippen LogP contribution in [0.25, 0.3) is 11.1 Å². The number of alkyl halides is 7. The van der Waals surface area contributed by atoms with Gasteiger partial charge in [-0.15, -0.1) is 11.6 Å². The van der Waals surface area contributed by atoms with Gasteiger partial charge in [0, 0.05) is 108 Å². The smallest absolute Gasteiger partial charge is 0.433 e. The van der Waals surface area contributed by atoms with Gasteiger partial charge < -0.3 is 26.3 Å². The van der Waals surface area contributed by atoms with Crippen LogP contribution in [0.1, 0.15) is 134 Å². The molecule has 23 heteroatoms. The standard InChI is InChI=1S/C26H26F3N5O2.C26H26F3N5OS.C2H3ClO2.H/c2*27-26(28,29)23-19(6-4-12-30-23)16-8-10-17(11-9-16)22-20(24(35)33-25(36)32-22)15-18-5-3-7-21(31-18)34-13-1-2-14-34;3-1-2(4)5;/h2*3-8,12,17H,1-2,9-11,13-15H2,(H2,32,33,35,36);1H2,(H,4,5);/q;;;-1/i;;;1+2. The highest BCUT2D eigenvalue weighted by Gasteiger charge is 2.38. The summed E-state index contributed by atoms with van der Waals surface area (Å²) >= 11 is 9.99. The number of nitrogens with one attached hydrogen (secondary N) is 4. The minimum Gasteiger partial charge on any atom is -1.00 e. The summed E-state index contributed by atoms with van der Waals surface area (Å²) in [6, 6.07) is 17.5. The molecule has 2 fully saturated rings. The second kappa shape index (κ2) is 24.9. The predicted molar refractivity (Wildman–Crippen MR) is 284 cm³/mol. The number of halogens is 7. The fourth-order valence-electron chi connectivity index (χ4n) is 10.3. The van der Waals surface area contributed by atoms with Crippen molar-refractivity contribution in [2.45, 2.75) is 101 Å². The Kier molecular flexibility index (Phi) is 18.1. The van der Waals surface area contributed by atoms with E-state index in [1.807, 2.05) is 42.5 Å². The summed E-state index contributed by atoms with van der Waals surface area (Å²) < 4.78 is 81.0. The highest BCUT2D eigenvalue weighted by Crippen LogP contribution is 2.42. The molecule has 15 nitrogen and oxygen atoms in total. The number of hydrogen-bond acceptors (Lipinski definition) is 11. The second-order valence-electron chi connectivity index (χ2n) is 19.0. The highest BCUT2D eigenvalue weighted by atomic mass is 35.5. The highest BCUT2D eigenvalue weighted by molar-refractivity contribution is 7.71. The Morgan fingerprint density at radius 3 is 1.48 bits per heavy atom. The number of aromatic amines is 4. The van der Waals surface area contributed by atoms with Gasteiger partial charge in [-0.1, -0.05) is 36.4 Å². The van der Waals surface area contributed by atoms with E-state index in [9.17, 15) is 45.5 Å².